The Hall–Kier alpha value is -1.75. The van der Waals surface area contributed by atoms with Gasteiger partial charge < -0.3 is 19.7 Å². The average molecular weight is 264 g/mol. The fraction of sp³-hybridized carbons (Fsp3) is 0.500. The van der Waals surface area contributed by atoms with Gasteiger partial charge in [0.2, 0.25) is 5.91 Å². The van der Waals surface area contributed by atoms with Crippen molar-refractivity contribution in [3.05, 3.63) is 23.8 Å². The summed E-state index contributed by atoms with van der Waals surface area (Å²) in [4.78, 5) is 14.1. The third-order valence-electron chi connectivity index (χ3n) is 3.31. The summed E-state index contributed by atoms with van der Waals surface area (Å²) in [6, 6.07) is 5.54. The monoisotopic (exact) mass is 264 g/mol. The number of nitrogens with zero attached hydrogens (tertiary/aromatic N) is 1. The predicted molar refractivity (Wildman–Crippen MR) is 72.7 cm³/mol. The molecule has 1 saturated heterocycles. The molecule has 1 aliphatic heterocycles. The Morgan fingerprint density at radius 2 is 2.00 bits per heavy atom. The second-order valence-electron chi connectivity index (χ2n) is 4.49. The molecule has 0 spiro atoms. The summed E-state index contributed by atoms with van der Waals surface area (Å²) in [6.45, 7) is 3.28. The van der Waals surface area contributed by atoms with E-state index in [-0.39, 0.29) is 5.91 Å². The van der Waals surface area contributed by atoms with Gasteiger partial charge in [-0.1, -0.05) is 6.07 Å². The van der Waals surface area contributed by atoms with E-state index in [9.17, 15) is 4.79 Å². The lowest BCUT2D eigenvalue weighted by Crippen LogP contribution is -2.46. The molecule has 0 bridgehead atoms. The largest absolute Gasteiger partial charge is 0.497 e. The molecule has 0 radical (unpaired) electrons. The standard InChI is InChI=1S/C14H20N2O3/c1-18-12-4-3-11(13(10-12)19-2)9-14(17)16-7-5-15-6-8-16/h3-4,10,15H,5-9H2,1-2H3. The predicted octanol–water partition coefficient (Wildman–Crippen LogP) is 0.678. The van der Waals surface area contributed by atoms with Crippen molar-refractivity contribution in [2.24, 2.45) is 0 Å². The minimum absolute atomic E-state index is 0.143. The van der Waals surface area contributed by atoms with E-state index in [1.54, 1.807) is 20.3 Å². The number of carbonyl (C=O) groups excluding carboxylic acids is 1. The van der Waals surface area contributed by atoms with Gasteiger partial charge in [-0.15, -0.1) is 0 Å². The second kappa shape index (κ2) is 6.43. The number of hydrogen-bond acceptors (Lipinski definition) is 4. The number of hydrogen-bond donors (Lipinski definition) is 1. The first-order valence-corrected chi connectivity index (χ1v) is 6.44. The molecular weight excluding hydrogens is 244 g/mol. The maximum atomic E-state index is 12.2. The van der Waals surface area contributed by atoms with Crippen molar-refractivity contribution < 1.29 is 14.3 Å². The Bertz CT molecular complexity index is 442. The summed E-state index contributed by atoms with van der Waals surface area (Å²) in [5.74, 6) is 1.57. The van der Waals surface area contributed by atoms with Crippen molar-refractivity contribution in [2.45, 2.75) is 6.42 Å². The molecule has 1 fully saturated rings. The number of carbonyl (C=O) groups is 1. The molecule has 2 rings (SSSR count). The van der Waals surface area contributed by atoms with Gasteiger partial charge in [-0.2, -0.15) is 0 Å². The number of rotatable bonds is 4. The number of benzene rings is 1. The van der Waals surface area contributed by atoms with E-state index in [0.717, 1.165) is 37.5 Å². The lowest BCUT2D eigenvalue weighted by Gasteiger charge is -2.27. The molecule has 1 aromatic carbocycles. The summed E-state index contributed by atoms with van der Waals surface area (Å²) in [5.41, 5.74) is 0.895. The Kier molecular flexibility index (Phi) is 4.63. The minimum atomic E-state index is 0.143. The molecule has 1 N–H and O–H groups in total. The summed E-state index contributed by atoms with van der Waals surface area (Å²) in [7, 11) is 3.22. The van der Waals surface area contributed by atoms with E-state index in [0.29, 0.717) is 12.2 Å². The summed E-state index contributed by atoms with van der Waals surface area (Å²) < 4.78 is 10.5. The van der Waals surface area contributed by atoms with Crippen molar-refractivity contribution in [3.63, 3.8) is 0 Å². The van der Waals surface area contributed by atoms with Crippen LogP contribution in [0.1, 0.15) is 5.56 Å². The Morgan fingerprint density at radius 3 is 2.63 bits per heavy atom. The van der Waals surface area contributed by atoms with Crippen LogP contribution in [0.4, 0.5) is 0 Å². The first kappa shape index (κ1) is 13.7. The van der Waals surface area contributed by atoms with Gasteiger partial charge in [0.15, 0.2) is 0 Å². The maximum absolute atomic E-state index is 12.2. The molecule has 5 nitrogen and oxygen atoms in total. The van der Waals surface area contributed by atoms with Crippen molar-refractivity contribution in [1.29, 1.82) is 0 Å². The van der Waals surface area contributed by atoms with Gasteiger partial charge in [0.1, 0.15) is 11.5 Å². The van der Waals surface area contributed by atoms with Crippen molar-refractivity contribution in [3.8, 4) is 11.5 Å². The minimum Gasteiger partial charge on any atom is -0.497 e. The highest BCUT2D eigenvalue weighted by Gasteiger charge is 2.18. The number of methoxy groups -OCH3 is 2. The molecule has 0 atom stereocenters. The van der Waals surface area contributed by atoms with Crippen LogP contribution in [0, 0.1) is 0 Å². The molecule has 0 unspecified atom stereocenters. The molecule has 1 heterocycles. The average Bonchev–Trinajstić information content (AvgIpc) is 2.48. The van der Waals surface area contributed by atoms with E-state index in [1.807, 2.05) is 17.0 Å². The molecule has 5 heteroatoms. The van der Waals surface area contributed by atoms with Gasteiger partial charge in [-0.25, -0.2) is 0 Å². The topological polar surface area (TPSA) is 50.8 Å². The smallest absolute Gasteiger partial charge is 0.227 e. The third kappa shape index (κ3) is 3.38. The molecule has 0 aromatic heterocycles. The molecule has 1 aliphatic rings. The zero-order valence-corrected chi connectivity index (χ0v) is 11.4. The quantitative estimate of drug-likeness (QED) is 0.869. The first-order valence-electron chi connectivity index (χ1n) is 6.44. The zero-order chi connectivity index (χ0) is 13.7. The second-order valence-corrected chi connectivity index (χ2v) is 4.49. The Labute approximate surface area is 113 Å². The van der Waals surface area contributed by atoms with E-state index in [2.05, 4.69) is 5.32 Å². The molecular formula is C14H20N2O3. The summed E-state index contributed by atoms with van der Waals surface area (Å²) in [6.07, 6.45) is 0.368. The van der Waals surface area contributed by atoms with Crippen molar-refractivity contribution in [2.75, 3.05) is 40.4 Å². The van der Waals surface area contributed by atoms with Crippen LogP contribution < -0.4 is 14.8 Å². The van der Waals surface area contributed by atoms with Crippen LogP contribution in [0.3, 0.4) is 0 Å². The van der Waals surface area contributed by atoms with Gasteiger partial charge in [-0.05, 0) is 6.07 Å². The normalized spacial score (nSPS) is 15.2. The van der Waals surface area contributed by atoms with Gasteiger partial charge >= 0.3 is 0 Å². The highest BCUT2D eigenvalue weighted by atomic mass is 16.5. The SMILES string of the molecule is COc1ccc(CC(=O)N2CCNCC2)c(OC)c1. The number of nitrogens with one attached hydrogen (secondary N) is 1. The summed E-state index contributed by atoms with van der Waals surface area (Å²) >= 11 is 0. The lowest BCUT2D eigenvalue weighted by molar-refractivity contribution is -0.131. The first-order chi connectivity index (χ1) is 9.24. The molecule has 1 amide bonds. The lowest BCUT2D eigenvalue weighted by atomic mass is 10.1. The van der Waals surface area contributed by atoms with Crippen LogP contribution in [0.2, 0.25) is 0 Å². The van der Waals surface area contributed by atoms with E-state index in [4.69, 9.17) is 9.47 Å². The van der Waals surface area contributed by atoms with Crippen LogP contribution in [0.25, 0.3) is 0 Å². The molecule has 1 aromatic rings. The van der Waals surface area contributed by atoms with Crippen LogP contribution in [-0.2, 0) is 11.2 Å². The van der Waals surface area contributed by atoms with Crippen molar-refractivity contribution >= 4 is 5.91 Å². The zero-order valence-electron chi connectivity index (χ0n) is 11.4. The van der Waals surface area contributed by atoms with Gasteiger partial charge in [0.05, 0.1) is 20.6 Å². The van der Waals surface area contributed by atoms with Crippen LogP contribution in [0.5, 0.6) is 11.5 Å². The molecule has 19 heavy (non-hydrogen) atoms. The van der Waals surface area contributed by atoms with E-state index in [1.165, 1.54) is 0 Å². The van der Waals surface area contributed by atoms with Crippen molar-refractivity contribution in [1.82, 2.24) is 10.2 Å². The fourth-order valence-electron chi connectivity index (χ4n) is 2.19. The van der Waals surface area contributed by atoms with Crippen LogP contribution in [-0.4, -0.2) is 51.2 Å². The van der Waals surface area contributed by atoms with Gasteiger partial charge in [-0.3, -0.25) is 4.79 Å². The molecule has 104 valence electrons. The maximum Gasteiger partial charge on any atom is 0.227 e. The number of amides is 1. The fourth-order valence-corrected chi connectivity index (χ4v) is 2.19. The van der Waals surface area contributed by atoms with Gasteiger partial charge in [0, 0.05) is 37.8 Å². The highest BCUT2D eigenvalue weighted by molar-refractivity contribution is 5.79. The number of piperazine rings is 1. The molecule has 0 aliphatic carbocycles. The van der Waals surface area contributed by atoms with E-state index >= 15 is 0 Å². The summed E-state index contributed by atoms with van der Waals surface area (Å²) in [5, 5.41) is 3.24. The van der Waals surface area contributed by atoms with Gasteiger partial charge in [0.25, 0.3) is 0 Å². The van der Waals surface area contributed by atoms with Crippen LogP contribution in [0.15, 0.2) is 18.2 Å². The Balaban J connectivity index is 2.07. The Morgan fingerprint density at radius 1 is 1.26 bits per heavy atom. The molecule has 0 saturated carbocycles. The number of ether oxygens (including phenoxy) is 2. The third-order valence-corrected chi connectivity index (χ3v) is 3.31. The van der Waals surface area contributed by atoms with Crippen LogP contribution >= 0.6 is 0 Å². The highest BCUT2D eigenvalue weighted by Crippen LogP contribution is 2.25. The van der Waals surface area contributed by atoms with E-state index < -0.39 is 0 Å².